The Labute approximate surface area is 217 Å². The Kier molecular flexibility index (Phi) is 7.67. The molecule has 0 spiro atoms. The molecule has 1 aliphatic heterocycles. The Balaban J connectivity index is 1.67. The van der Waals surface area contributed by atoms with Crippen molar-refractivity contribution in [3.63, 3.8) is 0 Å². The van der Waals surface area contributed by atoms with E-state index in [4.69, 9.17) is 33.7 Å². The van der Waals surface area contributed by atoms with Gasteiger partial charge in [0.25, 0.3) is 5.56 Å². The highest BCUT2D eigenvalue weighted by Crippen LogP contribution is 2.44. The number of ether oxygens (including phenoxy) is 1. The summed E-state index contributed by atoms with van der Waals surface area (Å²) in [6.07, 6.45) is 3.49. The average molecular weight is 533 g/mol. The summed E-state index contributed by atoms with van der Waals surface area (Å²) in [6.45, 7) is 7.33. The van der Waals surface area contributed by atoms with Gasteiger partial charge in [-0.15, -0.1) is 0 Å². The van der Waals surface area contributed by atoms with Crippen molar-refractivity contribution >= 4 is 46.1 Å². The standard InChI is InChI=1S/C24H26Cl2N6O4/c1-3-18(34)31-9-7-30(8-10-31)5-4-6-32-22-14(13-28-24(27)29-22)11-15(23(32)35)19-20(25)16(33)12-17(36-2)21(19)26/h3,11-13,33H,1,4-10H2,2H3,(H2,27,28,29). The second-order valence-electron chi connectivity index (χ2n) is 8.35. The molecule has 3 N–H and O–H groups in total. The number of pyridine rings is 1. The highest BCUT2D eigenvalue weighted by atomic mass is 35.5. The molecule has 0 unspecified atom stereocenters. The smallest absolute Gasteiger partial charge is 0.260 e. The van der Waals surface area contributed by atoms with E-state index in [2.05, 4.69) is 21.4 Å². The summed E-state index contributed by atoms with van der Waals surface area (Å²) in [6, 6.07) is 2.87. The van der Waals surface area contributed by atoms with Crippen LogP contribution in [-0.4, -0.2) is 75.2 Å². The molecule has 2 aromatic heterocycles. The van der Waals surface area contributed by atoms with Gasteiger partial charge in [0.2, 0.25) is 11.9 Å². The van der Waals surface area contributed by atoms with Crippen LogP contribution in [-0.2, 0) is 11.3 Å². The van der Waals surface area contributed by atoms with Gasteiger partial charge < -0.3 is 20.5 Å². The Hall–Kier alpha value is -3.34. The molecule has 0 aliphatic carbocycles. The van der Waals surface area contributed by atoms with Crippen LogP contribution in [0.1, 0.15) is 6.42 Å². The molecule has 1 aromatic carbocycles. The quantitative estimate of drug-likeness (QED) is 0.444. The number of benzene rings is 1. The first-order valence-corrected chi connectivity index (χ1v) is 12.1. The number of aromatic nitrogens is 3. The zero-order valence-electron chi connectivity index (χ0n) is 19.7. The molecule has 12 heteroatoms. The monoisotopic (exact) mass is 532 g/mol. The van der Waals surface area contributed by atoms with Gasteiger partial charge in [-0.25, -0.2) is 4.98 Å². The number of fused-ring (bicyclic) bond motifs is 1. The fourth-order valence-corrected chi connectivity index (χ4v) is 4.94. The summed E-state index contributed by atoms with van der Waals surface area (Å²) >= 11 is 12.9. The maximum absolute atomic E-state index is 13.7. The SMILES string of the molecule is C=CC(=O)N1CCN(CCCn2c(=O)c(-c3c(Cl)c(O)cc(OC)c3Cl)cc3cnc(N)nc32)CC1. The minimum absolute atomic E-state index is 0.0431. The van der Waals surface area contributed by atoms with E-state index in [1.807, 2.05) is 0 Å². The van der Waals surface area contributed by atoms with Gasteiger partial charge in [-0.3, -0.25) is 19.1 Å². The summed E-state index contributed by atoms with van der Waals surface area (Å²) in [7, 11) is 1.40. The van der Waals surface area contributed by atoms with E-state index >= 15 is 0 Å². The van der Waals surface area contributed by atoms with Gasteiger partial charge in [0, 0.05) is 55.9 Å². The van der Waals surface area contributed by atoms with E-state index in [0.717, 1.165) is 19.6 Å². The van der Waals surface area contributed by atoms with E-state index in [1.54, 1.807) is 11.0 Å². The number of phenolic OH excluding ortho intramolecular Hbond substituents is 1. The van der Waals surface area contributed by atoms with Crippen molar-refractivity contribution in [2.24, 2.45) is 0 Å². The number of phenols is 1. The van der Waals surface area contributed by atoms with Crippen LogP contribution in [0.5, 0.6) is 11.5 Å². The number of halogens is 2. The lowest BCUT2D eigenvalue weighted by Gasteiger charge is -2.34. The molecule has 36 heavy (non-hydrogen) atoms. The Morgan fingerprint density at radius 1 is 1.22 bits per heavy atom. The van der Waals surface area contributed by atoms with Crippen LogP contribution >= 0.6 is 23.2 Å². The van der Waals surface area contributed by atoms with E-state index in [-0.39, 0.29) is 44.5 Å². The first-order valence-electron chi connectivity index (χ1n) is 11.3. The molecule has 3 heterocycles. The predicted octanol–water partition coefficient (Wildman–Crippen LogP) is 2.78. The third-order valence-corrected chi connectivity index (χ3v) is 6.96. The highest BCUT2D eigenvalue weighted by molar-refractivity contribution is 6.41. The minimum atomic E-state index is -0.390. The van der Waals surface area contributed by atoms with Gasteiger partial charge in [0.05, 0.1) is 22.7 Å². The summed E-state index contributed by atoms with van der Waals surface area (Å²) in [4.78, 5) is 37.9. The fraction of sp³-hybridized carbons (Fsp3) is 0.333. The van der Waals surface area contributed by atoms with Crippen LogP contribution in [0.25, 0.3) is 22.2 Å². The second kappa shape index (κ2) is 10.7. The van der Waals surface area contributed by atoms with Gasteiger partial charge in [-0.1, -0.05) is 29.8 Å². The van der Waals surface area contributed by atoms with Crippen molar-refractivity contribution in [3.8, 4) is 22.6 Å². The normalized spacial score (nSPS) is 14.2. The molecule has 0 bridgehead atoms. The molecule has 3 aromatic rings. The van der Waals surface area contributed by atoms with Crippen molar-refractivity contribution in [2.45, 2.75) is 13.0 Å². The van der Waals surface area contributed by atoms with E-state index < -0.39 is 5.56 Å². The molecule has 0 radical (unpaired) electrons. The van der Waals surface area contributed by atoms with Crippen LogP contribution in [0.3, 0.4) is 0 Å². The van der Waals surface area contributed by atoms with Crippen molar-refractivity contribution in [3.05, 3.63) is 51.4 Å². The molecular weight excluding hydrogens is 507 g/mol. The fourth-order valence-electron chi connectivity index (χ4n) is 4.32. The first kappa shape index (κ1) is 25.7. The number of rotatable bonds is 7. The van der Waals surface area contributed by atoms with E-state index in [9.17, 15) is 14.7 Å². The summed E-state index contributed by atoms with van der Waals surface area (Å²) in [5.41, 5.74) is 6.15. The van der Waals surface area contributed by atoms with E-state index in [1.165, 1.54) is 30.0 Å². The van der Waals surface area contributed by atoms with Crippen LogP contribution < -0.4 is 16.0 Å². The molecule has 1 amide bonds. The number of amides is 1. The zero-order valence-corrected chi connectivity index (χ0v) is 21.2. The number of nitrogen functional groups attached to an aromatic ring is 1. The summed E-state index contributed by atoms with van der Waals surface area (Å²) in [5, 5.41) is 10.9. The Morgan fingerprint density at radius 3 is 2.61 bits per heavy atom. The number of piperazine rings is 1. The maximum Gasteiger partial charge on any atom is 0.260 e. The van der Waals surface area contributed by atoms with Gasteiger partial charge in [0.15, 0.2) is 0 Å². The number of hydrogen-bond donors (Lipinski definition) is 2. The molecule has 1 saturated heterocycles. The largest absolute Gasteiger partial charge is 0.506 e. The minimum Gasteiger partial charge on any atom is -0.506 e. The number of aromatic hydroxyl groups is 1. The third kappa shape index (κ3) is 4.97. The van der Waals surface area contributed by atoms with Gasteiger partial charge >= 0.3 is 0 Å². The summed E-state index contributed by atoms with van der Waals surface area (Å²) < 4.78 is 6.76. The van der Waals surface area contributed by atoms with Crippen LogP contribution in [0.15, 0.2) is 35.8 Å². The lowest BCUT2D eigenvalue weighted by atomic mass is 10.0. The zero-order chi connectivity index (χ0) is 26.0. The van der Waals surface area contributed by atoms with Crippen LogP contribution in [0.4, 0.5) is 5.95 Å². The Bertz CT molecular complexity index is 1390. The number of carbonyl (C=O) groups excluding carboxylic acids is 1. The number of methoxy groups -OCH3 is 1. The first-order chi connectivity index (χ1) is 17.2. The predicted molar refractivity (Wildman–Crippen MR) is 140 cm³/mol. The van der Waals surface area contributed by atoms with Gasteiger partial charge in [0.1, 0.15) is 17.1 Å². The lowest BCUT2D eigenvalue weighted by molar-refractivity contribution is -0.127. The van der Waals surface area contributed by atoms with Gasteiger partial charge in [-0.2, -0.15) is 4.98 Å². The Morgan fingerprint density at radius 2 is 1.94 bits per heavy atom. The second-order valence-corrected chi connectivity index (χ2v) is 9.10. The molecule has 0 atom stereocenters. The number of anilines is 1. The van der Waals surface area contributed by atoms with Gasteiger partial charge in [-0.05, 0) is 25.1 Å². The molecule has 1 fully saturated rings. The van der Waals surface area contributed by atoms with Crippen molar-refractivity contribution in [1.29, 1.82) is 0 Å². The molecule has 1 aliphatic rings. The van der Waals surface area contributed by atoms with Crippen molar-refractivity contribution < 1.29 is 14.6 Å². The third-order valence-electron chi connectivity index (χ3n) is 6.20. The van der Waals surface area contributed by atoms with Crippen molar-refractivity contribution in [1.82, 2.24) is 24.3 Å². The van der Waals surface area contributed by atoms with Crippen LogP contribution in [0.2, 0.25) is 10.0 Å². The van der Waals surface area contributed by atoms with E-state index in [0.29, 0.717) is 37.1 Å². The highest BCUT2D eigenvalue weighted by Gasteiger charge is 2.23. The molecular formula is C24H26Cl2N6O4. The average Bonchev–Trinajstić information content (AvgIpc) is 2.88. The van der Waals surface area contributed by atoms with Crippen molar-refractivity contribution in [2.75, 3.05) is 45.6 Å². The number of aryl methyl sites for hydroxylation is 1. The number of hydrogen-bond acceptors (Lipinski definition) is 8. The molecule has 190 valence electrons. The summed E-state index contributed by atoms with van der Waals surface area (Å²) in [5.74, 6) is -0.104. The lowest BCUT2D eigenvalue weighted by Crippen LogP contribution is -2.48. The molecule has 10 nitrogen and oxygen atoms in total. The molecule has 0 saturated carbocycles. The topological polar surface area (TPSA) is 127 Å². The maximum atomic E-state index is 13.7. The van der Waals surface area contributed by atoms with Crippen LogP contribution in [0, 0.1) is 0 Å². The number of nitrogens with zero attached hydrogens (tertiary/aromatic N) is 5. The number of carbonyl (C=O) groups is 1. The molecule has 4 rings (SSSR count). The number of nitrogens with two attached hydrogens (primary N) is 1.